The van der Waals surface area contributed by atoms with Crippen LogP contribution in [0, 0.1) is 13.8 Å². The number of thioether (sulfide) groups is 1. The van der Waals surface area contributed by atoms with Crippen LogP contribution in [0.5, 0.6) is 5.75 Å². The van der Waals surface area contributed by atoms with Crippen LogP contribution >= 0.6 is 11.8 Å². The first-order valence-electron chi connectivity index (χ1n) is 6.34. The minimum Gasteiger partial charge on any atom is -0.497 e. The molecule has 0 saturated heterocycles. The molecule has 1 aromatic carbocycles. The summed E-state index contributed by atoms with van der Waals surface area (Å²) in [5.74, 6) is 1.16. The van der Waals surface area contributed by atoms with E-state index in [0.717, 1.165) is 16.3 Å². The van der Waals surface area contributed by atoms with Crippen molar-refractivity contribution < 1.29 is 9.53 Å². The van der Waals surface area contributed by atoms with E-state index < -0.39 is 0 Å². The molecule has 20 heavy (non-hydrogen) atoms. The Morgan fingerprint density at radius 2 is 2.05 bits per heavy atom. The number of aryl methyl sites for hydroxylation is 2. The quantitative estimate of drug-likeness (QED) is 0.621. The third-order valence-electron chi connectivity index (χ3n) is 2.82. The maximum atomic E-state index is 12.2. The summed E-state index contributed by atoms with van der Waals surface area (Å²) in [6, 6.07) is 11.2. The van der Waals surface area contributed by atoms with Crippen molar-refractivity contribution >= 4 is 17.5 Å². The minimum atomic E-state index is 0.0786. The third-order valence-corrected chi connectivity index (χ3v) is 3.73. The van der Waals surface area contributed by atoms with Gasteiger partial charge < -0.3 is 4.74 Å². The summed E-state index contributed by atoms with van der Waals surface area (Å²) in [4.78, 5) is 16.6. The molecule has 2 rings (SSSR count). The highest BCUT2D eigenvalue weighted by Crippen LogP contribution is 2.20. The summed E-state index contributed by atoms with van der Waals surface area (Å²) >= 11 is 1.46. The molecule has 0 spiro atoms. The number of aromatic nitrogens is 1. The summed E-state index contributed by atoms with van der Waals surface area (Å²) < 4.78 is 5.13. The molecule has 104 valence electrons. The highest BCUT2D eigenvalue weighted by atomic mass is 32.2. The second-order valence-electron chi connectivity index (χ2n) is 4.57. The van der Waals surface area contributed by atoms with Crippen LogP contribution in [0.4, 0.5) is 0 Å². The molecule has 0 unspecified atom stereocenters. The van der Waals surface area contributed by atoms with Gasteiger partial charge in [-0.05, 0) is 43.7 Å². The second-order valence-corrected chi connectivity index (χ2v) is 5.56. The van der Waals surface area contributed by atoms with E-state index in [1.54, 1.807) is 19.2 Å². The van der Waals surface area contributed by atoms with Gasteiger partial charge in [0.05, 0.1) is 17.9 Å². The van der Waals surface area contributed by atoms with Crippen molar-refractivity contribution in [3.63, 3.8) is 0 Å². The van der Waals surface area contributed by atoms with Crippen molar-refractivity contribution in [3.05, 3.63) is 53.2 Å². The number of ether oxygens (including phenoxy) is 1. The molecular formula is C16H17NO2S. The van der Waals surface area contributed by atoms with Crippen LogP contribution in [-0.2, 0) is 0 Å². The van der Waals surface area contributed by atoms with Gasteiger partial charge in [0.1, 0.15) is 5.75 Å². The maximum absolute atomic E-state index is 12.2. The Morgan fingerprint density at radius 1 is 1.25 bits per heavy atom. The molecule has 0 atom stereocenters. The summed E-state index contributed by atoms with van der Waals surface area (Å²) in [6.07, 6.45) is 0. The van der Waals surface area contributed by atoms with Gasteiger partial charge in [0.2, 0.25) is 0 Å². The van der Waals surface area contributed by atoms with Crippen molar-refractivity contribution in [1.29, 1.82) is 0 Å². The minimum absolute atomic E-state index is 0.0786. The van der Waals surface area contributed by atoms with E-state index in [9.17, 15) is 4.79 Å². The Kier molecular flexibility index (Phi) is 4.79. The molecule has 0 bridgehead atoms. The number of carbonyl (C=O) groups is 1. The Labute approximate surface area is 123 Å². The normalized spacial score (nSPS) is 10.3. The zero-order valence-electron chi connectivity index (χ0n) is 11.8. The first-order valence-corrected chi connectivity index (χ1v) is 7.32. The summed E-state index contributed by atoms with van der Waals surface area (Å²) in [7, 11) is 1.60. The maximum Gasteiger partial charge on any atom is 0.173 e. The van der Waals surface area contributed by atoms with Gasteiger partial charge in [-0.2, -0.15) is 0 Å². The van der Waals surface area contributed by atoms with Gasteiger partial charge in [0, 0.05) is 11.3 Å². The standard InChI is InChI=1S/C16H17NO2S/c1-11-7-12(2)17-16(8-11)20-10-15(18)13-5-4-6-14(9-13)19-3/h4-9H,10H2,1-3H3. The smallest absolute Gasteiger partial charge is 0.173 e. The number of benzene rings is 1. The largest absolute Gasteiger partial charge is 0.497 e. The van der Waals surface area contributed by atoms with Gasteiger partial charge in [-0.3, -0.25) is 4.79 Å². The molecule has 1 aromatic heterocycles. The molecule has 1 heterocycles. The van der Waals surface area contributed by atoms with Crippen molar-refractivity contribution in [2.45, 2.75) is 18.9 Å². The highest BCUT2D eigenvalue weighted by molar-refractivity contribution is 7.99. The molecule has 0 amide bonds. The number of Topliss-reactive ketones (excluding diaryl/α,β-unsaturated/α-hetero) is 1. The number of rotatable bonds is 5. The van der Waals surface area contributed by atoms with Crippen LogP contribution in [0.15, 0.2) is 41.4 Å². The molecule has 4 heteroatoms. The molecule has 0 radical (unpaired) electrons. The van der Waals surface area contributed by atoms with Crippen LogP contribution < -0.4 is 4.74 Å². The summed E-state index contributed by atoms with van der Waals surface area (Å²) in [6.45, 7) is 3.99. The number of pyridine rings is 1. The molecular weight excluding hydrogens is 270 g/mol. The molecule has 0 fully saturated rings. The first-order chi connectivity index (χ1) is 9.58. The van der Waals surface area contributed by atoms with Crippen LogP contribution in [0.3, 0.4) is 0 Å². The summed E-state index contributed by atoms with van der Waals surface area (Å²) in [5, 5.41) is 0.888. The van der Waals surface area contributed by atoms with Crippen LogP contribution in [-0.4, -0.2) is 23.6 Å². The van der Waals surface area contributed by atoms with Gasteiger partial charge in [-0.25, -0.2) is 4.98 Å². The Hall–Kier alpha value is -1.81. The van der Waals surface area contributed by atoms with Crippen LogP contribution in [0.2, 0.25) is 0 Å². The zero-order chi connectivity index (χ0) is 14.5. The van der Waals surface area contributed by atoms with Gasteiger partial charge in [0.25, 0.3) is 0 Å². The Bertz CT molecular complexity index is 605. The van der Waals surface area contributed by atoms with Crippen molar-refractivity contribution in [1.82, 2.24) is 4.98 Å². The lowest BCUT2D eigenvalue weighted by Crippen LogP contribution is -2.03. The van der Waals surface area contributed by atoms with Gasteiger partial charge >= 0.3 is 0 Å². The van der Waals surface area contributed by atoms with E-state index in [4.69, 9.17) is 4.74 Å². The highest BCUT2D eigenvalue weighted by Gasteiger charge is 2.08. The van der Waals surface area contributed by atoms with Gasteiger partial charge in [-0.15, -0.1) is 0 Å². The van der Waals surface area contributed by atoms with E-state index in [1.165, 1.54) is 11.8 Å². The van der Waals surface area contributed by atoms with E-state index in [-0.39, 0.29) is 5.78 Å². The number of ketones is 1. The van der Waals surface area contributed by atoms with Crippen molar-refractivity contribution in [3.8, 4) is 5.75 Å². The van der Waals surface area contributed by atoms with E-state index in [1.807, 2.05) is 38.1 Å². The number of methoxy groups -OCH3 is 1. The van der Waals surface area contributed by atoms with E-state index >= 15 is 0 Å². The van der Waals surface area contributed by atoms with E-state index in [2.05, 4.69) is 4.98 Å². The Balaban J connectivity index is 2.04. The zero-order valence-corrected chi connectivity index (χ0v) is 12.7. The van der Waals surface area contributed by atoms with Crippen molar-refractivity contribution in [2.24, 2.45) is 0 Å². The molecule has 0 aliphatic heterocycles. The molecule has 3 nitrogen and oxygen atoms in total. The van der Waals surface area contributed by atoms with E-state index in [0.29, 0.717) is 17.1 Å². The molecule has 0 saturated carbocycles. The predicted octanol–water partition coefficient (Wildman–Crippen LogP) is 3.68. The SMILES string of the molecule is COc1cccc(C(=O)CSc2cc(C)cc(C)n2)c1. The average molecular weight is 287 g/mol. The first kappa shape index (κ1) is 14.6. The molecule has 0 N–H and O–H groups in total. The topological polar surface area (TPSA) is 39.2 Å². The fraction of sp³-hybridized carbons (Fsp3) is 0.250. The lowest BCUT2D eigenvalue weighted by molar-refractivity contribution is 0.102. The summed E-state index contributed by atoms with van der Waals surface area (Å²) in [5.41, 5.74) is 2.80. The van der Waals surface area contributed by atoms with Gasteiger partial charge in [0.15, 0.2) is 5.78 Å². The fourth-order valence-corrected chi connectivity index (χ4v) is 2.82. The number of nitrogens with zero attached hydrogens (tertiary/aromatic N) is 1. The fourth-order valence-electron chi connectivity index (χ4n) is 1.90. The Morgan fingerprint density at radius 3 is 2.75 bits per heavy atom. The number of hydrogen-bond donors (Lipinski definition) is 0. The average Bonchev–Trinajstić information content (AvgIpc) is 2.44. The monoisotopic (exact) mass is 287 g/mol. The molecule has 0 aliphatic rings. The number of carbonyl (C=O) groups excluding carboxylic acids is 1. The predicted molar refractivity (Wildman–Crippen MR) is 81.8 cm³/mol. The van der Waals surface area contributed by atoms with Gasteiger partial charge in [-0.1, -0.05) is 23.9 Å². The lowest BCUT2D eigenvalue weighted by atomic mass is 10.1. The molecule has 2 aromatic rings. The molecule has 0 aliphatic carbocycles. The van der Waals surface area contributed by atoms with Crippen LogP contribution in [0.25, 0.3) is 0 Å². The van der Waals surface area contributed by atoms with Crippen LogP contribution in [0.1, 0.15) is 21.6 Å². The number of hydrogen-bond acceptors (Lipinski definition) is 4. The third kappa shape index (κ3) is 3.84. The lowest BCUT2D eigenvalue weighted by Gasteiger charge is -2.05. The second kappa shape index (κ2) is 6.57. The van der Waals surface area contributed by atoms with Crippen molar-refractivity contribution in [2.75, 3.05) is 12.9 Å².